The summed E-state index contributed by atoms with van der Waals surface area (Å²) in [4.78, 5) is 29.0. The average Bonchev–Trinajstić information content (AvgIpc) is 3.50. The normalized spacial score (nSPS) is 17.1. The zero-order valence-corrected chi connectivity index (χ0v) is 17.2. The number of aldehydes is 1. The van der Waals surface area contributed by atoms with Crippen LogP contribution in [0.25, 0.3) is 11.3 Å². The Labute approximate surface area is 183 Å². The summed E-state index contributed by atoms with van der Waals surface area (Å²) in [5.74, 6) is -0.115. The molecule has 5 nitrogen and oxygen atoms in total. The molecule has 1 saturated carbocycles. The first-order chi connectivity index (χ1) is 15.3. The van der Waals surface area contributed by atoms with E-state index >= 15 is 0 Å². The lowest BCUT2D eigenvalue weighted by Crippen LogP contribution is -2.26. The number of aromatic nitrogens is 1. The van der Waals surface area contributed by atoms with Crippen LogP contribution in [-0.2, 0) is 16.6 Å². The van der Waals surface area contributed by atoms with E-state index in [4.69, 9.17) is 0 Å². The molecule has 1 fully saturated rings. The van der Waals surface area contributed by atoms with Gasteiger partial charge in [-0.2, -0.15) is 0 Å². The van der Waals surface area contributed by atoms with Gasteiger partial charge < -0.3 is 9.47 Å². The topological polar surface area (TPSA) is 65.5 Å². The Balaban J connectivity index is 1.41. The molecule has 0 spiro atoms. The van der Waals surface area contributed by atoms with Gasteiger partial charge in [0, 0.05) is 23.2 Å². The number of Topliss-reactive ketones (excluding diaryl/α,β-unsaturated/α-hetero) is 1. The number of hydrogen-bond acceptors (Lipinski definition) is 5. The van der Waals surface area contributed by atoms with Crippen LogP contribution < -0.4 is 9.47 Å². The predicted octanol–water partition coefficient (Wildman–Crippen LogP) is 5.03. The molecule has 1 aromatic heterocycles. The number of ether oxygens (including phenoxy) is 2. The van der Waals surface area contributed by atoms with Crippen molar-refractivity contribution >= 4 is 12.1 Å². The van der Waals surface area contributed by atoms with Crippen LogP contribution in [0.4, 0.5) is 8.78 Å². The predicted molar refractivity (Wildman–Crippen MR) is 112 cm³/mol. The molecule has 3 aromatic rings. The zero-order chi connectivity index (χ0) is 22.5. The molecule has 0 bridgehead atoms. The monoisotopic (exact) mass is 435 g/mol. The van der Waals surface area contributed by atoms with Gasteiger partial charge in [-0.25, -0.2) is 0 Å². The fraction of sp³-hybridized carbons (Fsp3) is 0.240. The molecule has 1 aliphatic carbocycles. The number of hydrogen-bond donors (Lipinski definition) is 0. The summed E-state index contributed by atoms with van der Waals surface area (Å²) < 4.78 is 35.7. The Hall–Kier alpha value is -3.61. The van der Waals surface area contributed by atoms with Crippen molar-refractivity contribution < 1.29 is 27.8 Å². The number of carbonyl (C=O) groups is 2. The van der Waals surface area contributed by atoms with Gasteiger partial charge in [0.15, 0.2) is 11.5 Å². The Morgan fingerprint density at radius 1 is 1.06 bits per heavy atom. The first kappa shape index (κ1) is 20.3. The molecule has 32 heavy (non-hydrogen) atoms. The third-order valence-electron chi connectivity index (χ3n) is 5.92. The van der Waals surface area contributed by atoms with Crippen LogP contribution in [0.3, 0.4) is 0 Å². The van der Waals surface area contributed by atoms with Crippen LogP contribution in [0.15, 0.2) is 54.6 Å². The van der Waals surface area contributed by atoms with Crippen LogP contribution in [0.1, 0.15) is 40.0 Å². The number of pyridine rings is 1. The standard InChI is InChI=1S/C25H19F2NO4/c1-15-9-19(28-20(10-15)17-4-2-3-16(11-17)14-29)13-23(30)24(7-8-24)18-5-6-21-22(12-18)32-25(26,27)31-21/h2-6,9-12,14H,7-8,13H2,1H3. The third kappa shape index (κ3) is 3.64. The highest BCUT2D eigenvalue weighted by Gasteiger charge is 2.52. The molecule has 2 aromatic carbocycles. The number of nitrogens with zero attached hydrogens (tertiary/aromatic N) is 1. The number of aryl methyl sites for hydroxylation is 1. The molecule has 0 amide bonds. The second-order valence-electron chi connectivity index (χ2n) is 8.28. The highest BCUT2D eigenvalue weighted by atomic mass is 19.3. The van der Waals surface area contributed by atoms with Gasteiger partial charge in [-0.1, -0.05) is 24.3 Å². The van der Waals surface area contributed by atoms with Crippen LogP contribution in [0.5, 0.6) is 11.5 Å². The van der Waals surface area contributed by atoms with E-state index in [1.807, 2.05) is 25.1 Å². The van der Waals surface area contributed by atoms with Gasteiger partial charge in [-0.05, 0) is 61.2 Å². The minimum Gasteiger partial charge on any atom is -0.395 e. The average molecular weight is 435 g/mol. The maximum Gasteiger partial charge on any atom is 0.586 e. The van der Waals surface area contributed by atoms with E-state index < -0.39 is 11.7 Å². The Morgan fingerprint density at radius 3 is 2.59 bits per heavy atom. The first-order valence-electron chi connectivity index (χ1n) is 10.2. The van der Waals surface area contributed by atoms with E-state index in [9.17, 15) is 18.4 Å². The summed E-state index contributed by atoms with van der Waals surface area (Å²) in [5, 5.41) is 0. The van der Waals surface area contributed by atoms with Gasteiger partial charge in [0.25, 0.3) is 0 Å². The van der Waals surface area contributed by atoms with Crippen LogP contribution in [-0.4, -0.2) is 23.3 Å². The second kappa shape index (κ2) is 7.22. The molecule has 7 heteroatoms. The van der Waals surface area contributed by atoms with Crippen molar-refractivity contribution in [2.75, 3.05) is 0 Å². The Bertz CT molecular complexity index is 1250. The summed E-state index contributed by atoms with van der Waals surface area (Å²) in [6.07, 6.45) is -1.51. The van der Waals surface area contributed by atoms with Gasteiger partial charge in [0.05, 0.1) is 11.1 Å². The van der Waals surface area contributed by atoms with E-state index in [0.29, 0.717) is 35.4 Å². The molecule has 0 saturated heterocycles. The maximum absolute atomic E-state index is 13.4. The van der Waals surface area contributed by atoms with Crippen molar-refractivity contribution in [2.24, 2.45) is 0 Å². The molecular formula is C25H19F2NO4. The number of benzene rings is 2. The van der Waals surface area contributed by atoms with Gasteiger partial charge in [-0.3, -0.25) is 14.6 Å². The maximum atomic E-state index is 13.4. The number of fused-ring (bicyclic) bond motifs is 1. The SMILES string of the molecule is Cc1cc(CC(=O)C2(c3ccc4c(c3)OC(F)(F)O4)CC2)nc(-c2cccc(C=O)c2)c1. The lowest BCUT2D eigenvalue weighted by Gasteiger charge is -2.15. The highest BCUT2D eigenvalue weighted by molar-refractivity contribution is 5.94. The van der Waals surface area contributed by atoms with E-state index in [1.165, 1.54) is 12.1 Å². The fourth-order valence-corrected chi connectivity index (χ4v) is 4.18. The summed E-state index contributed by atoms with van der Waals surface area (Å²) in [5.41, 5.74) is 3.53. The number of rotatable bonds is 6. The lowest BCUT2D eigenvalue weighted by atomic mass is 9.88. The van der Waals surface area contributed by atoms with E-state index in [2.05, 4.69) is 14.5 Å². The molecule has 2 heterocycles. The van der Waals surface area contributed by atoms with Gasteiger partial charge in [0.1, 0.15) is 12.1 Å². The molecule has 0 N–H and O–H groups in total. The summed E-state index contributed by atoms with van der Waals surface area (Å²) >= 11 is 0. The van der Waals surface area contributed by atoms with Crippen molar-refractivity contribution in [3.63, 3.8) is 0 Å². The molecule has 0 unspecified atom stereocenters. The molecule has 5 rings (SSSR count). The zero-order valence-electron chi connectivity index (χ0n) is 17.2. The fourth-order valence-electron chi connectivity index (χ4n) is 4.18. The van der Waals surface area contributed by atoms with Crippen molar-refractivity contribution in [1.82, 2.24) is 4.98 Å². The van der Waals surface area contributed by atoms with Crippen molar-refractivity contribution in [3.05, 3.63) is 77.0 Å². The number of ketones is 1. The molecule has 0 atom stereocenters. The van der Waals surface area contributed by atoms with E-state index in [-0.39, 0.29) is 23.7 Å². The van der Waals surface area contributed by atoms with Gasteiger partial charge in [0.2, 0.25) is 0 Å². The van der Waals surface area contributed by atoms with Gasteiger partial charge >= 0.3 is 6.29 Å². The summed E-state index contributed by atoms with van der Waals surface area (Å²) in [6, 6.07) is 15.4. The molecule has 0 radical (unpaired) electrons. The van der Waals surface area contributed by atoms with Crippen LogP contribution >= 0.6 is 0 Å². The van der Waals surface area contributed by atoms with E-state index in [0.717, 1.165) is 17.4 Å². The molecule has 2 aliphatic rings. The molecule has 162 valence electrons. The first-order valence-corrected chi connectivity index (χ1v) is 10.2. The highest BCUT2D eigenvalue weighted by Crippen LogP contribution is 2.52. The largest absolute Gasteiger partial charge is 0.586 e. The summed E-state index contributed by atoms with van der Waals surface area (Å²) in [6.45, 7) is 1.92. The van der Waals surface area contributed by atoms with Crippen molar-refractivity contribution in [3.8, 4) is 22.8 Å². The number of carbonyl (C=O) groups excluding carboxylic acids is 2. The van der Waals surface area contributed by atoms with Crippen molar-refractivity contribution in [2.45, 2.75) is 37.9 Å². The van der Waals surface area contributed by atoms with Crippen molar-refractivity contribution in [1.29, 1.82) is 0 Å². The Kier molecular flexibility index (Phi) is 4.58. The lowest BCUT2D eigenvalue weighted by molar-refractivity contribution is -0.286. The summed E-state index contributed by atoms with van der Waals surface area (Å²) in [7, 11) is 0. The molecular weight excluding hydrogens is 416 g/mol. The van der Waals surface area contributed by atoms with Crippen LogP contribution in [0, 0.1) is 6.92 Å². The smallest absolute Gasteiger partial charge is 0.395 e. The molecule has 1 aliphatic heterocycles. The van der Waals surface area contributed by atoms with Crippen LogP contribution in [0.2, 0.25) is 0 Å². The Morgan fingerprint density at radius 2 is 1.84 bits per heavy atom. The minimum atomic E-state index is -3.69. The quantitative estimate of drug-likeness (QED) is 0.508. The minimum absolute atomic E-state index is 0.0196. The van der Waals surface area contributed by atoms with Gasteiger partial charge in [-0.15, -0.1) is 8.78 Å². The van der Waals surface area contributed by atoms with E-state index in [1.54, 1.807) is 24.3 Å². The third-order valence-corrected chi connectivity index (χ3v) is 5.92. The number of halogens is 2. The number of alkyl halides is 2. The second-order valence-corrected chi connectivity index (χ2v) is 8.28.